The fraction of sp³-hybridized carbons (Fsp3) is 0.0769. The maximum atomic E-state index is 11.8. The number of phenolic OH excluding ortho intramolecular Hbond substituents is 1. The number of aromatic amines is 1. The lowest BCUT2D eigenvalue weighted by atomic mass is 10.1. The molecule has 4 nitrogen and oxygen atoms in total. The third-order valence-corrected chi connectivity index (χ3v) is 3.57. The molecule has 0 saturated heterocycles. The number of benzene rings is 1. The summed E-state index contributed by atoms with van der Waals surface area (Å²) >= 11 is 1.39. The normalized spacial score (nSPS) is 10.9. The standard InChI is InChI=1S/C13H10N2O2S/c16-9-3-1-8(2-4-9)7-11-14-10-5-6-18-12(10)13(17)15-11/h1-6,16H,7H2,(H,14,15,17). The molecule has 0 amide bonds. The second-order valence-electron chi connectivity index (χ2n) is 3.99. The van der Waals surface area contributed by atoms with Crippen LogP contribution in [0.3, 0.4) is 0 Å². The van der Waals surface area contributed by atoms with Gasteiger partial charge in [0.15, 0.2) is 0 Å². The zero-order valence-electron chi connectivity index (χ0n) is 9.38. The van der Waals surface area contributed by atoms with Crippen molar-refractivity contribution in [3.63, 3.8) is 0 Å². The molecule has 2 N–H and O–H groups in total. The first kappa shape index (κ1) is 11.0. The highest BCUT2D eigenvalue weighted by Crippen LogP contribution is 2.16. The van der Waals surface area contributed by atoms with Crippen molar-refractivity contribution < 1.29 is 5.11 Å². The Bertz CT molecular complexity index is 744. The van der Waals surface area contributed by atoms with Gasteiger partial charge in [0.2, 0.25) is 0 Å². The van der Waals surface area contributed by atoms with Crippen molar-refractivity contribution in [3.8, 4) is 5.75 Å². The van der Waals surface area contributed by atoms with Crippen molar-refractivity contribution in [2.75, 3.05) is 0 Å². The van der Waals surface area contributed by atoms with Crippen LogP contribution in [0.25, 0.3) is 10.2 Å². The van der Waals surface area contributed by atoms with Crippen molar-refractivity contribution in [1.82, 2.24) is 9.97 Å². The molecule has 90 valence electrons. The topological polar surface area (TPSA) is 66.0 Å². The average molecular weight is 258 g/mol. The van der Waals surface area contributed by atoms with Crippen LogP contribution in [0.1, 0.15) is 11.4 Å². The molecule has 0 unspecified atom stereocenters. The SMILES string of the molecule is O=c1[nH]c(Cc2ccc(O)cc2)nc2ccsc12. The van der Waals surface area contributed by atoms with Crippen LogP contribution in [0, 0.1) is 0 Å². The summed E-state index contributed by atoms with van der Waals surface area (Å²) in [5, 5.41) is 11.1. The third kappa shape index (κ3) is 2.00. The predicted octanol–water partition coefficient (Wildman–Crippen LogP) is 2.28. The van der Waals surface area contributed by atoms with E-state index < -0.39 is 0 Å². The number of nitrogens with one attached hydrogen (secondary N) is 1. The maximum absolute atomic E-state index is 11.8. The zero-order valence-corrected chi connectivity index (χ0v) is 10.2. The van der Waals surface area contributed by atoms with Crippen LogP contribution in [0.4, 0.5) is 0 Å². The van der Waals surface area contributed by atoms with Crippen LogP contribution in [-0.2, 0) is 6.42 Å². The molecule has 0 radical (unpaired) electrons. The number of nitrogens with zero attached hydrogens (tertiary/aromatic N) is 1. The van der Waals surface area contributed by atoms with Gasteiger partial charge in [-0.3, -0.25) is 4.79 Å². The lowest BCUT2D eigenvalue weighted by Crippen LogP contribution is -2.10. The quantitative estimate of drug-likeness (QED) is 0.741. The Morgan fingerprint density at radius 2 is 2.00 bits per heavy atom. The lowest BCUT2D eigenvalue weighted by Gasteiger charge is -2.01. The minimum atomic E-state index is -0.0937. The minimum Gasteiger partial charge on any atom is -0.508 e. The van der Waals surface area contributed by atoms with E-state index in [1.54, 1.807) is 12.1 Å². The molecule has 0 aliphatic carbocycles. The second kappa shape index (κ2) is 4.27. The maximum Gasteiger partial charge on any atom is 0.268 e. The molecule has 0 atom stereocenters. The van der Waals surface area contributed by atoms with Gasteiger partial charge in [-0.2, -0.15) is 0 Å². The van der Waals surface area contributed by atoms with Crippen molar-refractivity contribution in [1.29, 1.82) is 0 Å². The molecule has 0 aliphatic rings. The summed E-state index contributed by atoms with van der Waals surface area (Å²) in [6.45, 7) is 0. The Morgan fingerprint density at radius 3 is 2.78 bits per heavy atom. The van der Waals surface area contributed by atoms with Crippen molar-refractivity contribution in [3.05, 3.63) is 57.5 Å². The predicted molar refractivity (Wildman–Crippen MR) is 71.2 cm³/mol. The summed E-state index contributed by atoms with van der Waals surface area (Å²) in [5.41, 5.74) is 1.63. The number of rotatable bonds is 2. The zero-order chi connectivity index (χ0) is 12.5. The smallest absolute Gasteiger partial charge is 0.268 e. The lowest BCUT2D eigenvalue weighted by molar-refractivity contribution is 0.475. The van der Waals surface area contributed by atoms with E-state index in [0.717, 1.165) is 11.1 Å². The fourth-order valence-electron chi connectivity index (χ4n) is 1.81. The molecule has 3 rings (SSSR count). The fourth-order valence-corrected chi connectivity index (χ4v) is 2.54. The summed E-state index contributed by atoms with van der Waals surface area (Å²) in [5.74, 6) is 0.866. The number of aromatic hydroxyl groups is 1. The first-order valence-electron chi connectivity index (χ1n) is 5.47. The van der Waals surface area contributed by atoms with Gasteiger partial charge in [0.25, 0.3) is 5.56 Å². The summed E-state index contributed by atoms with van der Waals surface area (Å²) in [4.78, 5) is 19.0. The molecule has 0 aliphatic heterocycles. The van der Waals surface area contributed by atoms with E-state index in [0.29, 0.717) is 16.9 Å². The largest absolute Gasteiger partial charge is 0.508 e. The number of hydrogen-bond acceptors (Lipinski definition) is 4. The van der Waals surface area contributed by atoms with E-state index in [1.165, 1.54) is 11.3 Å². The van der Waals surface area contributed by atoms with Gasteiger partial charge < -0.3 is 10.1 Å². The van der Waals surface area contributed by atoms with E-state index in [-0.39, 0.29) is 11.3 Å². The van der Waals surface area contributed by atoms with Gasteiger partial charge in [0.05, 0.1) is 5.52 Å². The molecule has 5 heteroatoms. The van der Waals surface area contributed by atoms with E-state index in [4.69, 9.17) is 0 Å². The average Bonchev–Trinajstić information content (AvgIpc) is 2.81. The molecule has 2 heterocycles. The van der Waals surface area contributed by atoms with Gasteiger partial charge in [-0.15, -0.1) is 11.3 Å². The highest BCUT2D eigenvalue weighted by Gasteiger charge is 2.05. The van der Waals surface area contributed by atoms with Crippen LogP contribution in [0.2, 0.25) is 0 Å². The van der Waals surface area contributed by atoms with E-state index in [1.807, 2.05) is 23.6 Å². The van der Waals surface area contributed by atoms with Crippen molar-refractivity contribution in [2.24, 2.45) is 0 Å². The first-order valence-corrected chi connectivity index (χ1v) is 6.34. The summed E-state index contributed by atoms with van der Waals surface area (Å²) in [6.07, 6.45) is 0.543. The number of fused-ring (bicyclic) bond motifs is 1. The monoisotopic (exact) mass is 258 g/mol. The highest BCUT2D eigenvalue weighted by atomic mass is 32.1. The summed E-state index contributed by atoms with van der Waals surface area (Å²) in [6, 6.07) is 8.71. The van der Waals surface area contributed by atoms with E-state index >= 15 is 0 Å². The molecule has 0 saturated carbocycles. The van der Waals surface area contributed by atoms with Gasteiger partial charge in [0, 0.05) is 6.42 Å². The number of hydrogen-bond donors (Lipinski definition) is 2. The Kier molecular flexibility index (Phi) is 2.60. The Morgan fingerprint density at radius 1 is 1.22 bits per heavy atom. The van der Waals surface area contributed by atoms with Gasteiger partial charge in [-0.05, 0) is 29.1 Å². The van der Waals surface area contributed by atoms with Gasteiger partial charge in [0.1, 0.15) is 16.3 Å². The Labute approximate surface area is 107 Å². The first-order chi connectivity index (χ1) is 8.72. The highest BCUT2D eigenvalue weighted by molar-refractivity contribution is 7.17. The van der Waals surface area contributed by atoms with E-state index in [2.05, 4.69) is 9.97 Å². The number of thiophene rings is 1. The van der Waals surface area contributed by atoms with Gasteiger partial charge >= 0.3 is 0 Å². The minimum absolute atomic E-state index is 0.0937. The van der Waals surface area contributed by atoms with Gasteiger partial charge in [-0.1, -0.05) is 12.1 Å². The van der Waals surface area contributed by atoms with E-state index in [9.17, 15) is 9.90 Å². The van der Waals surface area contributed by atoms with Crippen molar-refractivity contribution in [2.45, 2.75) is 6.42 Å². The number of aromatic nitrogens is 2. The van der Waals surface area contributed by atoms with Crippen LogP contribution in [0.15, 0.2) is 40.5 Å². The van der Waals surface area contributed by atoms with Crippen LogP contribution < -0.4 is 5.56 Å². The molecular formula is C13H10N2O2S. The summed E-state index contributed by atoms with van der Waals surface area (Å²) in [7, 11) is 0. The molecule has 18 heavy (non-hydrogen) atoms. The molecular weight excluding hydrogens is 248 g/mol. The molecule has 1 aromatic carbocycles. The third-order valence-electron chi connectivity index (χ3n) is 2.67. The van der Waals surface area contributed by atoms with Crippen LogP contribution >= 0.6 is 11.3 Å². The number of H-pyrrole nitrogens is 1. The molecule has 0 bridgehead atoms. The number of phenols is 1. The second-order valence-corrected chi connectivity index (χ2v) is 4.91. The van der Waals surface area contributed by atoms with Crippen LogP contribution in [0.5, 0.6) is 5.75 Å². The Hall–Kier alpha value is -2.14. The molecule has 0 fully saturated rings. The molecule has 3 aromatic rings. The van der Waals surface area contributed by atoms with Crippen molar-refractivity contribution >= 4 is 21.6 Å². The summed E-state index contributed by atoms with van der Waals surface area (Å²) < 4.78 is 0.657. The van der Waals surface area contributed by atoms with Gasteiger partial charge in [-0.25, -0.2) is 4.98 Å². The van der Waals surface area contributed by atoms with Crippen LogP contribution in [-0.4, -0.2) is 15.1 Å². The molecule has 0 spiro atoms. The Balaban J connectivity index is 1.99. The molecule has 2 aromatic heterocycles.